The molecule has 0 fully saturated rings. The lowest BCUT2D eigenvalue weighted by Gasteiger charge is -1.91. The van der Waals surface area contributed by atoms with E-state index in [1.807, 2.05) is 13.0 Å². The van der Waals surface area contributed by atoms with Crippen LogP contribution in [0.4, 0.5) is 0 Å². The van der Waals surface area contributed by atoms with Crippen LogP contribution in [0.25, 0.3) is 10.6 Å². The van der Waals surface area contributed by atoms with Crippen LogP contribution in [0.1, 0.15) is 16.1 Å². The minimum absolute atomic E-state index is 0.315. The zero-order valence-corrected chi connectivity index (χ0v) is 9.22. The highest BCUT2D eigenvalue weighted by Gasteiger charge is 2.11. The normalized spacial score (nSPS) is 10.3. The van der Waals surface area contributed by atoms with E-state index < -0.39 is 0 Å². The summed E-state index contributed by atoms with van der Waals surface area (Å²) in [7, 11) is 1.37. The zero-order valence-electron chi connectivity index (χ0n) is 8.40. The second-order valence-corrected chi connectivity index (χ2v) is 4.04. The summed E-state index contributed by atoms with van der Waals surface area (Å²) in [6.45, 7) is 1.94. The number of hydrogen-bond donors (Lipinski definition) is 1. The van der Waals surface area contributed by atoms with E-state index in [1.165, 1.54) is 18.4 Å². The van der Waals surface area contributed by atoms with E-state index in [0.29, 0.717) is 5.56 Å². The molecular formula is C10H10N2O2S. The Morgan fingerprint density at radius 2 is 2.33 bits per heavy atom. The van der Waals surface area contributed by atoms with Crippen molar-refractivity contribution in [1.29, 1.82) is 0 Å². The van der Waals surface area contributed by atoms with Gasteiger partial charge in [-0.05, 0) is 19.1 Å². The first-order chi connectivity index (χ1) is 7.20. The van der Waals surface area contributed by atoms with Gasteiger partial charge in [-0.3, -0.25) is 5.10 Å². The average Bonchev–Trinajstić information content (AvgIpc) is 2.84. The van der Waals surface area contributed by atoms with E-state index in [2.05, 4.69) is 14.9 Å². The molecule has 0 radical (unpaired) electrons. The van der Waals surface area contributed by atoms with Crippen molar-refractivity contribution >= 4 is 17.3 Å². The molecule has 0 atom stereocenters. The fraction of sp³-hybridized carbons (Fsp3) is 0.200. The molecule has 0 bridgehead atoms. The van der Waals surface area contributed by atoms with Crippen molar-refractivity contribution in [1.82, 2.24) is 10.2 Å². The SMILES string of the molecule is COC(=O)c1csc(-c2cc(C)[nH]n2)c1. The first-order valence-corrected chi connectivity index (χ1v) is 5.28. The number of carbonyl (C=O) groups is 1. The van der Waals surface area contributed by atoms with Crippen molar-refractivity contribution in [3.63, 3.8) is 0 Å². The maximum atomic E-state index is 11.2. The summed E-state index contributed by atoms with van der Waals surface area (Å²) >= 11 is 1.48. The van der Waals surface area contributed by atoms with Crippen LogP contribution >= 0.6 is 11.3 Å². The highest BCUT2D eigenvalue weighted by Crippen LogP contribution is 2.26. The van der Waals surface area contributed by atoms with Crippen molar-refractivity contribution < 1.29 is 9.53 Å². The Balaban J connectivity index is 2.31. The molecule has 2 aromatic rings. The summed E-state index contributed by atoms with van der Waals surface area (Å²) in [6.07, 6.45) is 0. The molecule has 5 heteroatoms. The second kappa shape index (κ2) is 3.86. The maximum absolute atomic E-state index is 11.2. The monoisotopic (exact) mass is 222 g/mol. The fourth-order valence-corrected chi connectivity index (χ4v) is 2.08. The lowest BCUT2D eigenvalue weighted by Crippen LogP contribution is -1.97. The Hall–Kier alpha value is -1.62. The molecule has 0 saturated heterocycles. The number of esters is 1. The number of rotatable bonds is 2. The van der Waals surface area contributed by atoms with E-state index in [9.17, 15) is 4.79 Å². The van der Waals surface area contributed by atoms with E-state index in [1.54, 1.807) is 11.4 Å². The molecule has 0 unspecified atom stereocenters. The highest BCUT2D eigenvalue weighted by molar-refractivity contribution is 7.13. The zero-order chi connectivity index (χ0) is 10.8. The van der Waals surface area contributed by atoms with Gasteiger partial charge in [0, 0.05) is 11.1 Å². The summed E-state index contributed by atoms with van der Waals surface area (Å²) in [5, 5.41) is 8.75. The predicted octanol–water partition coefficient (Wildman–Crippen LogP) is 2.23. The van der Waals surface area contributed by atoms with Gasteiger partial charge in [-0.1, -0.05) is 0 Å². The standard InChI is InChI=1S/C10H10N2O2S/c1-6-3-8(12-11-6)9-4-7(5-15-9)10(13)14-2/h3-5H,1-2H3,(H,11,12). The minimum atomic E-state index is -0.315. The minimum Gasteiger partial charge on any atom is -0.465 e. The van der Waals surface area contributed by atoms with Crippen LogP contribution in [-0.4, -0.2) is 23.3 Å². The molecule has 2 rings (SSSR count). The van der Waals surface area contributed by atoms with E-state index in [4.69, 9.17) is 0 Å². The van der Waals surface area contributed by atoms with Crippen LogP contribution in [0, 0.1) is 6.92 Å². The molecule has 0 aromatic carbocycles. The predicted molar refractivity (Wildman–Crippen MR) is 58.0 cm³/mol. The lowest BCUT2D eigenvalue weighted by atomic mass is 10.2. The van der Waals surface area contributed by atoms with Crippen molar-refractivity contribution in [3.8, 4) is 10.6 Å². The summed E-state index contributed by atoms with van der Waals surface area (Å²) in [6, 6.07) is 3.72. The molecule has 0 aliphatic carbocycles. The van der Waals surface area contributed by atoms with Crippen molar-refractivity contribution in [2.75, 3.05) is 7.11 Å². The lowest BCUT2D eigenvalue weighted by molar-refractivity contribution is 0.0601. The number of aromatic amines is 1. The first kappa shape index (κ1) is 9.92. The second-order valence-electron chi connectivity index (χ2n) is 3.13. The van der Waals surface area contributed by atoms with Crippen molar-refractivity contribution in [2.45, 2.75) is 6.92 Å². The van der Waals surface area contributed by atoms with E-state index in [0.717, 1.165) is 16.3 Å². The summed E-state index contributed by atoms with van der Waals surface area (Å²) in [5.41, 5.74) is 2.42. The van der Waals surface area contributed by atoms with Crippen LogP contribution in [0.3, 0.4) is 0 Å². The smallest absolute Gasteiger partial charge is 0.338 e. The number of hydrogen-bond acceptors (Lipinski definition) is 4. The fourth-order valence-electron chi connectivity index (χ4n) is 1.24. The number of nitrogens with one attached hydrogen (secondary N) is 1. The third-order valence-electron chi connectivity index (χ3n) is 1.98. The number of nitrogens with zero attached hydrogens (tertiary/aromatic N) is 1. The Bertz CT molecular complexity index is 487. The molecule has 1 N–H and O–H groups in total. The third-order valence-corrected chi connectivity index (χ3v) is 2.93. The topological polar surface area (TPSA) is 55.0 Å². The molecule has 0 aliphatic rings. The molecule has 0 amide bonds. The molecule has 4 nitrogen and oxygen atoms in total. The van der Waals surface area contributed by atoms with Crippen LogP contribution in [0.5, 0.6) is 0 Å². The number of aromatic nitrogens is 2. The van der Waals surface area contributed by atoms with Gasteiger partial charge in [0.05, 0.1) is 17.6 Å². The molecule has 0 saturated carbocycles. The molecule has 78 valence electrons. The van der Waals surface area contributed by atoms with Gasteiger partial charge in [0.25, 0.3) is 0 Å². The van der Waals surface area contributed by atoms with Gasteiger partial charge in [-0.2, -0.15) is 5.10 Å². The Labute approximate surface area is 90.9 Å². The van der Waals surface area contributed by atoms with Crippen LogP contribution in [0.2, 0.25) is 0 Å². The molecule has 0 aliphatic heterocycles. The van der Waals surface area contributed by atoms with Gasteiger partial charge in [0.1, 0.15) is 5.69 Å². The number of thiophene rings is 1. The van der Waals surface area contributed by atoms with Gasteiger partial charge >= 0.3 is 5.97 Å². The number of aryl methyl sites for hydroxylation is 1. The number of carbonyl (C=O) groups excluding carboxylic acids is 1. The third kappa shape index (κ3) is 1.92. The van der Waals surface area contributed by atoms with Gasteiger partial charge in [-0.25, -0.2) is 4.79 Å². The Morgan fingerprint density at radius 3 is 2.93 bits per heavy atom. The van der Waals surface area contributed by atoms with Crippen LogP contribution in [0.15, 0.2) is 17.5 Å². The molecule has 2 aromatic heterocycles. The Kier molecular flexibility index (Phi) is 2.55. The summed E-state index contributed by atoms with van der Waals surface area (Å²) in [5.74, 6) is -0.315. The number of methoxy groups -OCH3 is 1. The van der Waals surface area contributed by atoms with Crippen molar-refractivity contribution in [2.24, 2.45) is 0 Å². The van der Waals surface area contributed by atoms with Crippen LogP contribution < -0.4 is 0 Å². The molecule has 15 heavy (non-hydrogen) atoms. The maximum Gasteiger partial charge on any atom is 0.338 e. The van der Waals surface area contributed by atoms with E-state index in [-0.39, 0.29) is 5.97 Å². The first-order valence-electron chi connectivity index (χ1n) is 4.40. The van der Waals surface area contributed by atoms with Crippen LogP contribution in [-0.2, 0) is 4.74 Å². The Morgan fingerprint density at radius 1 is 1.53 bits per heavy atom. The van der Waals surface area contributed by atoms with Gasteiger partial charge in [0.2, 0.25) is 0 Å². The van der Waals surface area contributed by atoms with Gasteiger partial charge < -0.3 is 4.74 Å². The number of H-pyrrole nitrogens is 1. The molecule has 2 heterocycles. The summed E-state index contributed by atoms with van der Waals surface area (Å²) in [4.78, 5) is 12.2. The largest absolute Gasteiger partial charge is 0.465 e. The number of ether oxygens (including phenoxy) is 1. The average molecular weight is 222 g/mol. The molecular weight excluding hydrogens is 212 g/mol. The van der Waals surface area contributed by atoms with Gasteiger partial charge in [0.15, 0.2) is 0 Å². The van der Waals surface area contributed by atoms with Gasteiger partial charge in [-0.15, -0.1) is 11.3 Å². The van der Waals surface area contributed by atoms with Crippen molar-refractivity contribution in [3.05, 3.63) is 28.8 Å². The quantitative estimate of drug-likeness (QED) is 0.793. The molecule has 0 spiro atoms. The highest BCUT2D eigenvalue weighted by atomic mass is 32.1. The van der Waals surface area contributed by atoms with E-state index >= 15 is 0 Å². The summed E-state index contributed by atoms with van der Waals surface area (Å²) < 4.78 is 4.63.